The van der Waals surface area contributed by atoms with Crippen molar-refractivity contribution in [3.05, 3.63) is 64.9 Å². The molecule has 5 rings (SSSR count). The zero-order valence-corrected chi connectivity index (χ0v) is 19.3. The molecule has 4 aromatic rings. The summed E-state index contributed by atoms with van der Waals surface area (Å²) in [6.07, 6.45) is 5.25. The Hall–Kier alpha value is -3.39. The minimum absolute atomic E-state index is 0.0104. The lowest BCUT2D eigenvalue weighted by Gasteiger charge is -2.40. The lowest BCUT2D eigenvalue weighted by molar-refractivity contribution is 0.0539. The Balaban J connectivity index is 1.41. The van der Waals surface area contributed by atoms with E-state index in [1.807, 2.05) is 30.0 Å². The van der Waals surface area contributed by atoms with Crippen LogP contribution >= 0.6 is 11.6 Å². The number of rotatable bonds is 5. The normalized spacial score (nSPS) is 18.6. The number of piperidine rings is 1. The van der Waals surface area contributed by atoms with Crippen molar-refractivity contribution in [1.29, 1.82) is 0 Å². The fraction of sp³-hybridized carbons (Fsp3) is 0.333. The molecule has 1 saturated heterocycles. The van der Waals surface area contributed by atoms with E-state index in [2.05, 4.69) is 27.4 Å². The smallest absolute Gasteiger partial charge is 0.295 e. The summed E-state index contributed by atoms with van der Waals surface area (Å²) in [6, 6.07) is 11.5. The summed E-state index contributed by atoms with van der Waals surface area (Å²) >= 11 is 6.06. The van der Waals surface area contributed by atoms with Crippen LogP contribution in [0.25, 0.3) is 16.8 Å². The largest absolute Gasteiger partial charge is 0.424 e. The molecule has 0 bridgehead atoms. The Bertz CT molecular complexity index is 1290. The number of carbonyl (C=O) groups excluding carboxylic acids is 1. The molecule has 1 amide bonds. The van der Waals surface area contributed by atoms with Crippen LogP contribution in [-0.4, -0.2) is 49.9 Å². The van der Waals surface area contributed by atoms with Crippen molar-refractivity contribution >= 4 is 34.6 Å². The molecule has 3 heterocycles. The van der Waals surface area contributed by atoms with Gasteiger partial charge in [0.2, 0.25) is 0 Å². The first kappa shape index (κ1) is 21.5. The summed E-state index contributed by atoms with van der Waals surface area (Å²) in [7, 11) is 0. The van der Waals surface area contributed by atoms with Crippen LogP contribution in [0.1, 0.15) is 35.7 Å². The predicted molar refractivity (Wildman–Crippen MR) is 127 cm³/mol. The van der Waals surface area contributed by atoms with Crippen molar-refractivity contribution in [2.75, 3.05) is 18.4 Å². The molecule has 2 aromatic heterocycles. The van der Waals surface area contributed by atoms with Gasteiger partial charge in [0, 0.05) is 18.1 Å². The van der Waals surface area contributed by atoms with Crippen LogP contribution in [0.15, 0.2) is 53.2 Å². The zero-order chi connectivity index (χ0) is 22.9. The number of halogens is 1. The van der Waals surface area contributed by atoms with Gasteiger partial charge in [-0.15, -0.1) is 0 Å². The van der Waals surface area contributed by atoms with E-state index in [1.54, 1.807) is 30.6 Å². The standard InChI is InChI=1S/C24H25ClN6O2/c1-15-6-4-12-30(20(15)14-26-24-29-19-13-17(25)8-9-21(19)33-24)23(32)18-7-3-5-16(2)22(18)31-27-10-11-28-31/h3,5,7-11,13,15,20H,4,6,12,14H2,1-2H3,(H,26,29)/t15-,20-/m1/s1. The second-order valence-electron chi connectivity index (χ2n) is 8.49. The summed E-state index contributed by atoms with van der Waals surface area (Å²) in [6.45, 7) is 5.38. The number of para-hydroxylation sites is 1. The first-order valence-electron chi connectivity index (χ1n) is 11.1. The average molecular weight is 465 g/mol. The van der Waals surface area contributed by atoms with Crippen LogP contribution in [0.2, 0.25) is 5.02 Å². The number of nitrogens with zero attached hydrogens (tertiary/aromatic N) is 5. The van der Waals surface area contributed by atoms with Gasteiger partial charge < -0.3 is 14.6 Å². The average Bonchev–Trinajstić information content (AvgIpc) is 3.47. The molecule has 0 spiro atoms. The molecule has 0 aliphatic carbocycles. The van der Waals surface area contributed by atoms with E-state index in [1.165, 1.54) is 4.80 Å². The number of hydrogen-bond acceptors (Lipinski definition) is 6. The molecular weight excluding hydrogens is 440 g/mol. The van der Waals surface area contributed by atoms with E-state index in [-0.39, 0.29) is 11.9 Å². The van der Waals surface area contributed by atoms with Crippen LogP contribution in [0, 0.1) is 12.8 Å². The van der Waals surface area contributed by atoms with E-state index in [0.717, 1.165) is 18.4 Å². The maximum atomic E-state index is 13.8. The summed E-state index contributed by atoms with van der Waals surface area (Å²) < 4.78 is 5.81. The van der Waals surface area contributed by atoms with Gasteiger partial charge in [0.05, 0.1) is 24.0 Å². The topological polar surface area (TPSA) is 89.1 Å². The second-order valence-corrected chi connectivity index (χ2v) is 8.92. The van der Waals surface area contributed by atoms with Crippen molar-refractivity contribution in [1.82, 2.24) is 24.9 Å². The minimum Gasteiger partial charge on any atom is -0.424 e. The predicted octanol–water partition coefficient (Wildman–Crippen LogP) is 4.72. The molecule has 0 saturated carbocycles. The van der Waals surface area contributed by atoms with Crippen molar-refractivity contribution < 1.29 is 9.21 Å². The number of carbonyl (C=O) groups is 1. The molecule has 1 N–H and O–H groups in total. The monoisotopic (exact) mass is 464 g/mol. The van der Waals surface area contributed by atoms with Crippen molar-refractivity contribution in [2.24, 2.45) is 5.92 Å². The van der Waals surface area contributed by atoms with E-state index in [9.17, 15) is 4.79 Å². The number of fused-ring (bicyclic) bond motifs is 1. The van der Waals surface area contributed by atoms with Crippen LogP contribution < -0.4 is 5.32 Å². The number of hydrogen-bond donors (Lipinski definition) is 1. The number of benzene rings is 2. The van der Waals surface area contributed by atoms with E-state index >= 15 is 0 Å². The first-order valence-corrected chi connectivity index (χ1v) is 11.5. The molecule has 1 aliphatic heterocycles. The van der Waals surface area contributed by atoms with Gasteiger partial charge in [0.25, 0.3) is 11.9 Å². The Kier molecular flexibility index (Phi) is 5.76. The summed E-state index contributed by atoms with van der Waals surface area (Å²) in [5, 5.41) is 12.4. The maximum Gasteiger partial charge on any atom is 0.295 e. The number of aromatic nitrogens is 4. The number of amides is 1. The summed E-state index contributed by atoms with van der Waals surface area (Å²) in [4.78, 5) is 21.8. The third-order valence-electron chi connectivity index (χ3n) is 6.28. The van der Waals surface area contributed by atoms with Gasteiger partial charge in [0.1, 0.15) is 11.2 Å². The number of aryl methyl sites for hydroxylation is 1. The van der Waals surface area contributed by atoms with Crippen molar-refractivity contribution in [3.8, 4) is 5.69 Å². The van der Waals surface area contributed by atoms with E-state index in [0.29, 0.717) is 52.4 Å². The second kappa shape index (κ2) is 8.86. The quantitative estimate of drug-likeness (QED) is 0.459. The zero-order valence-electron chi connectivity index (χ0n) is 18.5. The molecule has 33 heavy (non-hydrogen) atoms. The third-order valence-corrected chi connectivity index (χ3v) is 6.51. The van der Waals surface area contributed by atoms with Gasteiger partial charge in [-0.2, -0.15) is 20.0 Å². The van der Waals surface area contributed by atoms with Gasteiger partial charge >= 0.3 is 0 Å². The molecule has 9 heteroatoms. The van der Waals surface area contributed by atoms with Gasteiger partial charge in [-0.25, -0.2) is 0 Å². The lowest BCUT2D eigenvalue weighted by Crippen LogP contribution is -2.51. The van der Waals surface area contributed by atoms with Gasteiger partial charge in [-0.05, 0) is 55.5 Å². The lowest BCUT2D eigenvalue weighted by atomic mass is 9.90. The van der Waals surface area contributed by atoms with E-state index < -0.39 is 0 Å². The first-order chi connectivity index (χ1) is 16.0. The minimum atomic E-state index is -0.0197. The molecule has 0 unspecified atom stereocenters. The van der Waals surface area contributed by atoms with Crippen molar-refractivity contribution in [3.63, 3.8) is 0 Å². The molecule has 2 aromatic carbocycles. The fourth-order valence-corrected chi connectivity index (χ4v) is 4.73. The van der Waals surface area contributed by atoms with E-state index in [4.69, 9.17) is 16.0 Å². The van der Waals surface area contributed by atoms with Gasteiger partial charge in [-0.1, -0.05) is 30.7 Å². The molecule has 0 radical (unpaired) electrons. The highest BCUT2D eigenvalue weighted by molar-refractivity contribution is 6.31. The van der Waals surface area contributed by atoms with Crippen LogP contribution in [0.5, 0.6) is 0 Å². The Morgan fingerprint density at radius 1 is 1.24 bits per heavy atom. The SMILES string of the molecule is Cc1cccc(C(=O)N2CCC[C@@H](C)[C@H]2CNc2nc3cc(Cl)ccc3o2)c1-n1nccn1. The highest BCUT2D eigenvalue weighted by Crippen LogP contribution is 2.29. The number of nitrogens with one attached hydrogen (secondary N) is 1. The summed E-state index contributed by atoms with van der Waals surface area (Å²) in [5.74, 6) is 0.304. The van der Waals surface area contributed by atoms with Gasteiger partial charge in [0.15, 0.2) is 5.58 Å². The Morgan fingerprint density at radius 3 is 2.88 bits per heavy atom. The Labute approximate surface area is 196 Å². The van der Waals surface area contributed by atoms with Crippen LogP contribution in [0.4, 0.5) is 6.01 Å². The van der Waals surface area contributed by atoms with Crippen LogP contribution in [0.3, 0.4) is 0 Å². The van der Waals surface area contributed by atoms with Crippen LogP contribution in [-0.2, 0) is 0 Å². The molecule has 1 aliphatic rings. The maximum absolute atomic E-state index is 13.8. The molecular formula is C24H25ClN6O2. The van der Waals surface area contributed by atoms with Gasteiger partial charge in [-0.3, -0.25) is 4.79 Å². The van der Waals surface area contributed by atoms with Crippen molar-refractivity contribution in [2.45, 2.75) is 32.7 Å². The number of anilines is 1. The molecule has 2 atom stereocenters. The fourth-order valence-electron chi connectivity index (χ4n) is 4.56. The molecule has 8 nitrogen and oxygen atoms in total. The highest BCUT2D eigenvalue weighted by Gasteiger charge is 2.34. The summed E-state index contributed by atoms with van der Waals surface area (Å²) in [5.41, 5.74) is 3.63. The molecule has 1 fully saturated rings. The highest BCUT2D eigenvalue weighted by atomic mass is 35.5. The Morgan fingerprint density at radius 2 is 2.06 bits per heavy atom. The number of oxazole rings is 1. The molecule has 170 valence electrons. The third kappa shape index (κ3) is 4.18. The number of likely N-dealkylation sites (tertiary alicyclic amines) is 1.